The molecular formula is C26H29ClN2O4S. The fraction of sp³-hybridized carbons (Fsp3) is 0.423. The fourth-order valence-corrected chi connectivity index (χ4v) is 7.33. The topological polar surface area (TPSA) is 77.4 Å². The summed E-state index contributed by atoms with van der Waals surface area (Å²) in [6, 6.07) is 8.24. The van der Waals surface area contributed by atoms with Crippen molar-refractivity contribution in [2.75, 3.05) is 0 Å². The van der Waals surface area contributed by atoms with Crippen LogP contribution < -0.4 is 5.32 Å². The molecule has 3 aromatic rings. The normalized spacial score (nSPS) is 19.9. The quantitative estimate of drug-likeness (QED) is 0.495. The largest absolute Gasteiger partial charge is 0.456 e. The number of nitrogens with zero attached hydrogens (tertiary/aromatic N) is 1. The van der Waals surface area contributed by atoms with Gasteiger partial charge in [-0.3, -0.25) is 0 Å². The van der Waals surface area contributed by atoms with Crippen LogP contribution in [0, 0.1) is 6.92 Å². The highest BCUT2D eigenvalue weighted by Crippen LogP contribution is 2.45. The third-order valence-corrected chi connectivity index (χ3v) is 8.81. The van der Waals surface area contributed by atoms with Crippen LogP contribution in [0.25, 0.3) is 10.9 Å². The number of nitrogens with one attached hydrogen (secondary N) is 1. The summed E-state index contributed by atoms with van der Waals surface area (Å²) in [5.41, 5.74) is 3.20. The Morgan fingerprint density at radius 2 is 1.94 bits per heavy atom. The monoisotopic (exact) mass is 500 g/mol. The van der Waals surface area contributed by atoms with Gasteiger partial charge < -0.3 is 14.6 Å². The highest BCUT2D eigenvalue weighted by Gasteiger charge is 2.40. The maximum Gasteiger partial charge on any atom is 0.340 e. The van der Waals surface area contributed by atoms with Crippen LogP contribution in [0.3, 0.4) is 0 Å². The van der Waals surface area contributed by atoms with Crippen LogP contribution in [0.4, 0.5) is 0 Å². The molecule has 1 saturated heterocycles. The first kappa shape index (κ1) is 23.4. The summed E-state index contributed by atoms with van der Waals surface area (Å²) in [6.07, 6.45) is 2.86. The Kier molecular flexibility index (Phi) is 5.39. The van der Waals surface area contributed by atoms with Crippen molar-refractivity contribution in [1.29, 1.82) is 0 Å². The molecule has 2 atom stereocenters. The summed E-state index contributed by atoms with van der Waals surface area (Å²) < 4.78 is 35.8. The molecule has 3 heterocycles. The van der Waals surface area contributed by atoms with Crippen LogP contribution in [-0.2, 0) is 28.0 Å². The third-order valence-electron chi connectivity index (χ3n) is 6.80. The van der Waals surface area contributed by atoms with Crippen molar-refractivity contribution in [3.8, 4) is 0 Å². The Morgan fingerprint density at radius 3 is 2.62 bits per heavy atom. The van der Waals surface area contributed by atoms with Gasteiger partial charge in [0.15, 0.2) is 0 Å². The van der Waals surface area contributed by atoms with E-state index in [1.165, 1.54) is 12.1 Å². The number of hydrogen-bond donors (Lipinski definition) is 1. The molecular weight excluding hydrogens is 472 g/mol. The highest BCUT2D eigenvalue weighted by atomic mass is 35.5. The number of fused-ring (bicyclic) bond motifs is 6. The molecule has 0 saturated carbocycles. The van der Waals surface area contributed by atoms with Crippen LogP contribution in [0.5, 0.6) is 0 Å². The summed E-state index contributed by atoms with van der Waals surface area (Å²) in [7, 11) is -2.05. The van der Waals surface area contributed by atoms with Crippen molar-refractivity contribution in [2.45, 2.75) is 74.4 Å². The van der Waals surface area contributed by atoms with E-state index in [1.807, 2.05) is 14.0 Å². The zero-order valence-electron chi connectivity index (χ0n) is 20.0. The van der Waals surface area contributed by atoms with Gasteiger partial charge in [0.1, 0.15) is 5.60 Å². The van der Waals surface area contributed by atoms with E-state index in [4.69, 9.17) is 16.3 Å². The first-order valence-electron chi connectivity index (χ1n) is 11.5. The summed E-state index contributed by atoms with van der Waals surface area (Å²) >= 11 is 6.13. The molecule has 1 aromatic heterocycles. The molecule has 1 N–H and O–H groups in total. The van der Waals surface area contributed by atoms with Crippen LogP contribution in [0.2, 0.25) is 5.02 Å². The Balaban J connectivity index is 1.88. The SMILES string of the molecule is Cc1cc(S(=O)(=O)c2cccc(Cl)c2)c(C(=O)OC(C)(C)C)c2c3c(n(C)c12)CC1CCC3N1. The molecule has 1 fully saturated rings. The van der Waals surface area contributed by atoms with Crippen molar-refractivity contribution in [3.05, 3.63) is 57.7 Å². The van der Waals surface area contributed by atoms with Gasteiger partial charge in [-0.1, -0.05) is 17.7 Å². The smallest absolute Gasteiger partial charge is 0.340 e. The molecule has 34 heavy (non-hydrogen) atoms. The molecule has 0 aliphatic carbocycles. The fourth-order valence-electron chi connectivity index (χ4n) is 5.50. The zero-order valence-corrected chi connectivity index (χ0v) is 21.6. The first-order chi connectivity index (χ1) is 15.9. The molecule has 2 aliphatic heterocycles. The second-order valence-electron chi connectivity index (χ2n) is 10.4. The van der Waals surface area contributed by atoms with Crippen LogP contribution in [0.15, 0.2) is 40.1 Å². The number of halogens is 1. The number of sulfone groups is 1. The minimum atomic E-state index is -4.05. The van der Waals surface area contributed by atoms with E-state index in [9.17, 15) is 13.2 Å². The van der Waals surface area contributed by atoms with Crippen LogP contribution in [-0.4, -0.2) is 30.6 Å². The van der Waals surface area contributed by atoms with Gasteiger partial charge in [-0.05, 0) is 75.9 Å². The molecule has 2 unspecified atom stereocenters. The third kappa shape index (κ3) is 3.65. The number of benzene rings is 2. The second-order valence-corrected chi connectivity index (χ2v) is 12.7. The Labute approximate surface area is 205 Å². The predicted molar refractivity (Wildman–Crippen MR) is 132 cm³/mol. The molecule has 8 heteroatoms. The highest BCUT2D eigenvalue weighted by molar-refractivity contribution is 7.91. The maximum atomic E-state index is 13.9. The van der Waals surface area contributed by atoms with E-state index < -0.39 is 21.4 Å². The van der Waals surface area contributed by atoms with Crippen molar-refractivity contribution in [3.63, 3.8) is 0 Å². The predicted octanol–water partition coefficient (Wildman–Crippen LogP) is 5.28. The lowest BCUT2D eigenvalue weighted by atomic mass is 9.95. The molecule has 5 rings (SSSR count). The van der Waals surface area contributed by atoms with Crippen molar-refractivity contribution in [2.24, 2.45) is 7.05 Å². The van der Waals surface area contributed by atoms with E-state index >= 15 is 0 Å². The van der Waals surface area contributed by atoms with Crippen molar-refractivity contribution < 1.29 is 17.9 Å². The Bertz CT molecular complexity index is 1450. The van der Waals surface area contributed by atoms with Crippen LogP contribution in [0.1, 0.15) is 66.8 Å². The molecule has 0 amide bonds. The summed E-state index contributed by atoms with van der Waals surface area (Å²) in [5, 5.41) is 4.65. The van der Waals surface area contributed by atoms with Crippen molar-refractivity contribution >= 4 is 38.3 Å². The van der Waals surface area contributed by atoms with E-state index in [0.29, 0.717) is 16.5 Å². The maximum absolute atomic E-state index is 13.9. The van der Waals surface area contributed by atoms with E-state index in [0.717, 1.165) is 41.6 Å². The number of ether oxygens (including phenoxy) is 1. The standard InChI is InChI=1S/C26H29ClN2O4S/c1-14-11-20(34(31,32)17-8-6-7-15(27)12-17)22(25(30)33-26(2,3)4)23-21-18-10-9-16(28-18)13-19(21)29(5)24(14)23/h6-8,11-12,16,18,28H,9-10,13H2,1-5H3. The zero-order chi connectivity index (χ0) is 24.6. The number of aryl methyl sites for hydroxylation is 2. The van der Waals surface area contributed by atoms with Gasteiger partial charge in [-0.15, -0.1) is 0 Å². The number of carbonyl (C=O) groups is 1. The number of rotatable bonds is 3. The van der Waals surface area contributed by atoms with Gasteiger partial charge in [-0.2, -0.15) is 0 Å². The number of esters is 1. The first-order valence-corrected chi connectivity index (χ1v) is 13.4. The van der Waals surface area contributed by atoms with Gasteiger partial charge in [-0.25, -0.2) is 13.2 Å². The molecule has 2 aromatic carbocycles. The minimum absolute atomic E-state index is 0.0393. The second kappa shape index (κ2) is 7.83. The van der Waals surface area contributed by atoms with Gasteiger partial charge in [0, 0.05) is 41.7 Å². The number of aromatic nitrogens is 1. The number of carbonyl (C=O) groups excluding carboxylic acids is 1. The van der Waals surface area contributed by atoms with Gasteiger partial charge in [0.05, 0.1) is 20.9 Å². The molecule has 0 spiro atoms. The minimum Gasteiger partial charge on any atom is -0.456 e. The van der Waals surface area contributed by atoms with Crippen LogP contribution >= 0.6 is 11.6 Å². The molecule has 0 radical (unpaired) electrons. The lowest BCUT2D eigenvalue weighted by molar-refractivity contribution is 0.00675. The van der Waals surface area contributed by atoms with Crippen molar-refractivity contribution in [1.82, 2.24) is 9.88 Å². The van der Waals surface area contributed by atoms with Gasteiger partial charge >= 0.3 is 5.97 Å². The molecule has 2 bridgehead atoms. The van der Waals surface area contributed by atoms with E-state index in [1.54, 1.807) is 39.0 Å². The Hall–Kier alpha value is -2.35. The Morgan fingerprint density at radius 1 is 1.21 bits per heavy atom. The molecule has 2 aliphatic rings. The average Bonchev–Trinajstić information content (AvgIpc) is 3.25. The summed E-state index contributed by atoms with van der Waals surface area (Å²) in [4.78, 5) is 13.7. The van der Waals surface area contributed by atoms with E-state index in [-0.39, 0.29) is 21.4 Å². The lowest BCUT2D eigenvalue weighted by Gasteiger charge is -2.24. The van der Waals surface area contributed by atoms with E-state index in [2.05, 4.69) is 9.88 Å². The number of hydrogen-bond acceptors (Lipinski definition) is 5. The van der Waals surface area contributed by atoms with Gasteiger partial charge in [0.2, 0.25) is 9.84 Å². The average molecular weight is 501 g/mol. The summed E-state index contributed by atoms with van der Waals surface area (Å²) in [5.74, 6) is -0.633. The van der Waals surface area contributed by atoms with Gasteiger partial charge in [0.25, 0.3) is 0 Å². The summed E-state index contributed by atoms with van der Waals surface area (Å²) in [6.45, 7) is 7.25. The molecule has 180 valence electrons. The molecule has 6 nitrogen and oxygen atoms in total. The lowest BCUT2D eigenvalue weighted by Crippen LogP contribution is -2.32.